The molecule has 4 heteroatoms. The van der Waals surface area contributed by atoms with Gasteiger partial charge in [0.2, 0.25) is 0 Å². The molecule has 0 saturated carbocycles. The van der Waals surface area contributed by atoms with Crippen molar-refractivity contribution in [3.8, 4) is 11.5 Å². The Balaban J connectivity index is 1.61. The number of rotatable bonds is 13. The minimum Gasteiger partial charge on any atom is -0.427 e. The van der Waals surface area contributed by atoms with Crippen LogP contribution in [0, 0.1) is 0 Å². The molecule has 0 atom stereocenters. The number of esters is 2. The third-order valence-corrected chi connectivity index (χ3v) is 4.96. The monoisotopic (exact) mass is 410 g/mol. The van der Waals surface area contributed by atoms with Gasteiger partial charge in [-0.1, -0.05) is 51.0 Å². The third-order valence-electron chi connectivity index (χ3n) is 4.96. The molecule has 162 valence electrons. The number of hydrogen-bond acceptors (Lipinski definition) is 4. The normalized spacial score (nSPS) is 10.6. The van der Waals surface area contributed by atoms with Crippen molar-refractivity contribution in [2.75, 3.05) is 0 Å². The molecule has 0 aliphatic carbocycles. The van der Waals surface area contributed by atoms with Gasteiger partial charge in [0, 0.05) is 12.8 Å². The molecule has 30 heavy (non-hydrogen) atoms. The highest BCUT2D eigenvalue weighted by Gasteiger charge is 2.08. The van der Waals surface area contributed by atoms with E-state index >= 15 is 0 Å². The van der Waals surface area contributed by atoms with Crippen LogP contribution in [0.1, 0.15) is 76.3 Å². The van der Waals surface area contributed by atoms with Crippen molar-refractivity contribution in [2.24, 2.45) is 0 Å². The average molecular weight is 411 g/mol. The van der Waals surface area contributed by atoms with Gasteiger partial charge in [-0.2, -0.15) is 0 Å². The second-order valence-corrected chi connectivity index (χ2v) is 7.65. The van der Waals surface area contributed by atoms with E-state index in [1.807, 2.05) is 48.5 Å². The molecule has 2 aromatic carbocycles. The molecule has 0 saturated heterocycles. The Kier molecular flexibility index (Phi) is 10.7. The van der Waals surface area contributed by atoms with Crippen molar-refractivity contribution < 1.29 is 19.1 Å². The molecule has 0 aliphatic rings. The van der Waals surface area contributed by atoms with E-state index in [0.29, 0.717) is 24.3 Å². The van der Waals surface area contributed by atoms with Crippen LogP contribution in [0.4, 0.5) is 0 Å². The Morgan fingerprint density at radius 3 is 1.30 bits per heavy atom. The fraction of sp³-hybridized carbons (Fsp3) is 0.462. The zero-order valence-electron chi connectivity index (χ0n) is 18.3. The van der Waals surface area contributed by atoms with E-state index in [0.717, 1.165) is 38.5 Å². The van der Waals surface area contributed by atoms with E-state index < -0.39 is 0 Å². The summed E-state index contributed by atoms with van der Waals surface area (Å²) in [5, 5.41) is 0. The smallest absolute Gasteiger partial charge is 0.311 e. The largest absolute Gasteiger partial charge is 0.427 e. The topological polar surface area (TPSA) is 52.6 Å². The van der Waals surface area contributed by atoms with E-state index in [9.17, 15) is 9.59 Å². The van der Waals surface area contributed by atoms with Crippen molar-refractivity contribution in [3.05, 3.63) is 59.7 Å². The molecular formula is C26H34O4. The summed E-state index contributed by atoms with van der Waals surface area (Å²) in [4.78, 5) is 23.9. The number of hydrogen-bond donors (Lipinski definition) is 0. The highest BCUT2D eigenvalue weighted by molar-refractivity contribution is 5.73. The van der Waals surface area contributed by atoms with Gasteiger partial charge >= 0.3 is 11.9 Å². The van der Waals surface area contributed by atoms with Gasteiger partial charge in [-0.3, -0.25) is 9.59 Å². The Hall–Kier alpha value is -2.62. The van der Waals surface area contributed by atoms with Gasteiger partial charge in [-0.15, -0.1) is 0 Å². The standard InChI is InChI=1S/C26H34O4/c1-3-5-9-21-13-17-23(18-14-21)29-25(27)11-7-8-12-26(28)30-24-19-15-22(16-20-24)10-6-4-2/h13-20H,3-12H2,1-2H3. The predicted molar refractivity (Wildman–Crippen MR) is 120 cm³/mol. The lowest BCUT2D eigenvalue weighted by Gasteiger charge is -2.07. The van der Waals surface area contributed by atoms with Gasteiger partial charge in [0.05, 0.1) is 0 Å². The van der Waals surface area contributed by atoms with E-state index in [1.165, 1.54) is 11.1 Å². The van der Waals surface area contributed by atoms with E-state index in [1.54, 1.807) is 0 Å². The minimum atomic E-state index is -0.271. The maximum absolute atomic E-state index is 12.0. The molecule has 0 aromatic heterocycles. The van der Waals surface area contributed by atoms with Gasteiger partial charge in [0.15, 0.2) is 0 Å². The summed E-state index contributed by atoms with van der Waals surface area (Å²) in [6.45, 7) is 4.34. The van der Waals surface area contributed by atoms with E-state index in [4.69, 9.17) is 9.47 Å². The summed E-state index contributed by atoms with van der Waals surface area (Å²) >= 11 is 0. The van der Waals surface area contributed by atoms with Gasteiger partial charge in [-0.05, 0) is 73.9 Å². The molecule has 0 aliphatic heterocycles. The highest BCUT2D eigenvalue weighted by Crippen LogP contribution is 2.17. The van der Waals surface area contributed by atoms with Crippen molar-refractivity contribution in [1.82, 2.24) is 0 Å². The highest BCUT2D eigenvalue weighted by atomic mass is 16.5. The van der Waals surface area contributed by atoms with Crippen LogP contribution < -0.4 is 9.47 Å². The van der Waals surface area contributed by atoms with Crippen LogP contribution in [0.25, 0.3) is 0 Å². The van der Waals surface area contributed by atoms with Crippen LogP contribution >= 0.6 is 0 Å². The fourth-order valence-electron chi connectivity index (χ4n) is 3.11. The van der Waals surface area contributed by atoms with Gasteiger partial charge in [-0.25, -0.2) is 0 Å². The SMILES string of the molecule is CCCCc1ccc(OC(=O)CCCCC(=O)Oc2ccc(CCCC)cc2)cc1. The predicted octanol–water partition coefficient (Wildman–Crippen LogP) is 6.44. The quantitative estimate of drug-likeness (QED) is 0.216. The number of aryl methyl sites for hydroxylation is 2. The van der Waals surface area contributed by atoms with Crippen LogP contribution in [0.3, 0.4) is 0 Å². The first-order chi connectivity index (χ1) is 14.6. The number of benzene rings is 2. The molecule has 0 fully saturated rings. The summed E-state index contributed by atoms with van der Waals surface area (Å²) in [5.74, 6) is 0.601. The molecule has 0 spiro atoms. The number of carbonyl (C=O) groups is 2. The lowest BCUT2D eigenvalue weighted by atomic mass is 10.1. The van der Waals surface area contributed by atoms with Crippen molar-refractivity contribution in [1.29, 1.82) is 0 Å². The molecule has 0 amide bonds. The number of ether oxygens (including phenoxy) is 2. The lowest BCUT2D eigenvalue weighted by molar-refractivity contribution is -0.136. The minimum absolute atomic E-state index is 0.271. The Bertz CT molecular complexity index is 695. The van der Waals surface area contributed by atoms with E-state index in [-0.39, 0.29) is 24.8 Å². The lowest BCUT2D eigenvalue weighted by Crippen LogP contribution is -2.10. The molecule has 2 rings (SSSR count). The van der Waals surface area contributed by atoms with Crippen LogP contribution in [-0.4, -0.2) is 11.9 Å². The molecule has 4 nitrogen and oxygen atoms in total. The average Bonchev–Trinajstić information content (AvgIpc) is 2.76. The zero-order valence-corrected chi connectivity index (χ0v) is 18.3. The van der Waals surface area contributed by atoms with Crippen LogP contribution in [0.5, 0.6) is 11.5 Å². The Morgan fingerprint density at radius 1 is 0.600 bits per heavy atom. The molecular weight excluding hydrogens is 376 g/mol. The first-order valence-corrected chi connectivity index (χ1v) is 11.2. The number of unbranched alkanes of at least 4 members (excludes halogenated alkanes) is 3. The van der Waals surface area contributed by atoms with Gasteiger partial charge < -0.3 is 9.47 Å². The summed E-state index contributed by atoms with van der Waals surface area (Å²) in [7, 11) is 0. The summed E-state index contributed by atoms with van der Waals surface area (Å²) in [6, 6.07) is 15.4. The summed E-state index contributed by atoms with van der Waals surface area (Å²) < 4.78 is 10.7. The maximum atomic E-state index is 12.0. The second-order valence-electron chi connectivity index (χ2n) is 7.65. The summed E-state index contributed by atoms with van der Waals surface area (Å²) in [5.41, 5.74) is 2.51. The molecule has 0 radical (unpaired) electrons. The number of carbonyl (C=O) groups excluding carboxylic acids is 2. The van der Waals surface area contributed by atoms with Crippen molar-refractivity contribution in [2.45, 2.75) is 78.1 Å². The first-order valence-electron chi connectivity index (χ1n) is 11.2. The van der Waals surface area contributed by atoms with Crippen LogP contribution in [0.15, 0.2) is 48.5 Å². The Labute approximate surface area is 180 Å². The molecule has 0 bridgehead atoms. The third kappa shape index (κ3) is 9.25. The molecule has 0 heterocycles. The van der Waals surface area contributed by atoms with E-state index in [2.05, 4.69) is 13.8 Å². The van der Waals surface area contributed by atoms with Gasteiger partial charge in [0.25, 0.3) is 0 Å². The molecule has 2 aromatic rings. The van der Waals surface area contributed by atoms with Crippen molar-refractivity contribution >= 4 is 11.9 Å². The van der Waals surface area contributed by atoms with Crippen molar-refractivity contribution in [3.63, 3.8) is 0 Å². The second kappa shape index (κ2) is 13.6. The zero-order chi connectivity index (χ0) is 21.6. The van der Waals surface area contributed by atoms with Gasteiger partial charge in [0.1, 0.15) is 11.5 Å². The fourth-order valence-corrected chi connectivity index (χ4v) is 3.11. The summed E-state index contributed by atoms with van der Waals surface area (Å²) in [6.07, 6.45) is 8.50. The first kappa shape index (κ1) is 23.7. The molecule has 0 unspecified atom stereocenters. The van der Waals surface area contributed by atoms with Crippen LogP contribution in [-0.2, 0) is 22.4 Å². The molecule has 0 N–H and O–H groups in total. The maximum Gasteiger partial charge on any atom is 0.311 e. The Morgan fingerprint density at radius 2 is 0.967 bits per heavy atom. The van der Waals surface area contributed by atoms with Crippen LogP contribution in [0.2, 0.25) is 0 Å².